The minimum Gasteiger partial charge on any atom is -0.384 e. The van der Waals surface area contributed by atoms with E-state index in [0.717, 1.165) is 17.2 Å². The Morgan fingerprint density at radius 1 is 1.25 bits per heavy atom. The average Bonchev–Trinajstić information content (AvgIpc) is 2.38. The molecule has 0 spiro atoms. The maximum Gasteiger partial charge on any atom is 0.252 e. The molecule has 20 heavy (non-hydrogen) atoms. The molecule has 0 aliphatic rings. The van der Waals surface area contributed by atoms with Crippen molar-refractivity contribution in [1.82, 2.24) is 20.3 Å². The van der Waals surface area contributed by atoms with E-state index in [0.29, 0.717) is 24.3 Å². The van der Waals surface area contributed by atoms with Crippen molar-refractivity contribution >= 4 is 11.7 Å². The number of carbonyl (C=O) groups excluding carboxylic acids is 1. The number of hydrogen-bond donors (Lipinski definition) is 2. The first-order chi connectivity index (χ1) is 9.54. The first kappa shape index (κ1) is 13.9. The monoisotopic (exact) mass is 271 g/mol. The van der Waals surface area contributed by atoms with Crippen molar-refractivity contribution < 1.29 is 4.79 Å². The van der Waals surface area contributed by atoms with Crippen molar-refractivity contribution in [3.05, 3.63) is 47.2 Å². The van der Waals surface area contributed by atoms with Crippen molar-refractivity contribution in [2.45, 2.75) is 20.3 Å². The summed E-state index contributed by atoms with van der Waals surface area (Å²) in [6.45, 7) is 4.33. The summed E-state index contributed by atoms with van der Waals surface area (Å²) in [5.74, 6) is 0.949. The van der Waals surface area contributed by atoms with Gasteiger partial charge in [-0.25, -0.2) is 15.0 Å². The Balaban J connectivity index is 1.89. The molecule has 0 radical (unpaired) electrons. The van der Waals surface area contributed by atoms with Gasteiger partial charge in [-0.2, -0.15) is 0 Å². The lowest BCUT2D eigenvalue weighted by molar-refractivity contribution is 0.0953. The van der Waals surface area contributed by atoms with Crippen LogP contribution in [0.4, 0.5) is 5.82 Å². The molecule has 0 atom stereocenters. The second kappa shape index (κ2) is 6.10. The molecule has 0 saturated carbocycles. The number of pyridine rings is 1. The van der Waals surface area contributed by atoms with Gasteiger partial charge in [-0.3, -0.25) is 4.79 Å². The van der Waals surface area contributed by atoms with Crippen LogP contribution >= 0.6 is 0 Å². The largest absolute Gasteiger partial charge is 0.384 e. The summed E-state index contributed by atoms with van der Waals surface area (Å²) >= 11 is 0. The Morgan fingerprint density at radius 3 is 2.55 bits per heavy atom. The van der Waals surface area contributed by atoms with Crippen LogP contribution in [0.5, 0.6) is 0 Å². The number of amides is 1. The first-order valence-corrected chi connectivity index (χ1v) is 6.35. The standard InChI is InChI=1S/C14H17N5O/c1-9-7-10(2)19-13(18-9)5-6-16-14(20)11-3-4-12(15)17-8-11/h3-4,7-8H,5-6H2,1-2H3,(H2,15,17)(H,16,20). The molecule has 0 saturated heterocycles. The number of carbonyl (C=O) groups is 1. The Kier molecular flexibility index (Phi) is 4.24. The Bertz CT molecular complexity index is 589. The lowest BCUT2D eigenvalue weighted by Crippen LogP contribution is -2.26. The van der Waals surface area contributed by atoms with Gasteiger partial charge in [0.05, 0.1) is 5.56 Å². The molecule has 0 aliphatic carbocycles. The number of rotatable bonds is 4. The predicted molar refractivity (Wildman–Crippen MR) is 76.2 cm³/mol. The quantitative estimate of drug-likeness (QED) is 0.866. The van der Waals surface area contributed by atoms with Crippen LogP contribution in [0.15, 0.2) is 24.4 Å². The smallest absolute Gasteiger partial charge is 0.252 e. The van der Waals surface area contributed by atoms with Crippen molar-refractivity contribution in [3.8, 4) is 0 Å². The summed E-state index contributed by atoms with van der Waals surface area (Å²) in [4.78, 5) is 24.4. The lowest BCUT2D eigenvalue weighted by atomic mass is 10.2. The van der Waals surface area contributed by atoms with Gasteiger partial charge in [-0.05, 0) is 32.0 Å². The third kappa shape index (κ3) is 3.74. The zero-order chi connectivity index (χ0) is 14.5. The molecular formula is C14H17N5O. The highest BCUT2D eigenvalue weighted by Crippen LogP contribution is 2.02. The lowest BCUT2D eigenvalue weighted by Gasteiger charge is -2.06. The SMILES string of the molecule is Cc1cc(C)nc(CCNC(=O)c2ccc(N)nc2)n1. The number of nitrogens with zero attached hydrogens (tertiary/aromatic N) is 3. The number of nitrogens with two attached hydrogens (primary N) is 1. The summed E-state index contributed by atoms with van der Waals surface area (Å²) in [7, 11) is 0. The van der Waals surface area contributed by atoms with E-state index < -0.39 is 0 Å². The zero-order valence-corrected chi connectivity index (χ0v) is 11.6. The molecule has 6 nitrogen and oxygen atoms in total. The first-order valence-electron chi connectivity index (χ1n) is 6.35. The second-order valence-electron chi connectivity index (χ2n) is 4.54. The summed E-state index contributed by atoms with van der Waals surface area (Å²) in [6, 6.07) is 5.16. The summed E-state index contributed by atoms with van der Waals surface area (Å²) < 4.78 is 0. The normalized spacial score (nSPS) is 10.3. The number of aromatic nitrogens is 3. The van der Waals surface area contributed by atoms with Gasteiger partial charge in [-0.1, -0.05) is 0 Å². The van der Waals surface area contributed by atoms with Crippen molar-refractivity contribution in [3.63, 3.8) is 0 Å². The molecule has 6 heteroatoms. The Morgan fingerprint density at radius 2 is 1.95 bits per heavy atom. The summed E-state index contributed by atoms with van der Waals surface area (Å²) in [5.41, 5.74) is 7.82. The number of anilines is 1. The van der Waals surface area contributed by atoms with Crippen LogP contribution < -0.4 is 11.1 Å². The molecule has 0 fully saturated rings. The zero-order valence-electron chi connectivity index (χ0n) is 11.6. The van der Waals surface area contributed by atoms with Gasteiger partial charge < -0.3 is 11.1 Å². The van der Waals surface area contributed by atoms with Crippen molar-refractivity contribution in [1.29, 1.82) is 0 Å². The Labute approximate surface area is 117 Å². The van der Waals surface area contributed by atoms with E-state index in [1.807, 2.05) is 19.9 Å². The number of hydrogen-bond acceptors (Lipinski definition) is 5. The maximum atomic E-state index is 11.8. The fourth-order valence-corrected chi connectivity index (χ4v) is 1.84. The third-order valence-electron chi connectivity index (χ3n) is 2.71. The van der Waals surface area contributed by atoms with Gasteiger partial charge in [0.15, 0.2) is 0 Å². The molecular weight excluding hydrogens is 254 g/mol. The second-order valence-corrected chi connectivity index (χ2v) is 4.54. The van der Waals surface area contributed by atoms with E-state index in [9.17, 15) is 4.79 Å². The van der Waals surface area contributed by atoms with Crippen LogP contribution in [-0.4, -0.2) is 27.4 Å². The topological polar surface area (TPSA) is 93.8 Å². The fraction of sp³-hybridized carbons (Fsp3) is 0.286. The van der Waals surface area contributed by atoms with Crippen LogP contribution in [0.25, 0.3) is 0 Å². The van der Waals surface area contributed by atoms with Crippen LogP contribution in [0.1, 0.15) is 27.6 Å². The van der Waals surface area contributed by atoms with Crippen molar-refractivity contribution in [2.24, 2.45) is 0 Å². The van der Waals surface area contributed by atoms with E-state index in [1.54, 1.807) is 12.1 Å². The highest BCUT2D eigenvalue weighted by atomic mass is 16.1. The molecule has 104 valence electrons. The maximum absolute atomic E-state index is 11.8. The van der Waals surface area contributed by atoms with E-state index >= 15 is 0 Å². The summed E-state index contributed by atoms with van der Waals surface area (Å²) in [5, 5.41) is 2.81. The molecule has 1 amide bonds. The highest BCUT2D eigenvalue weighted by molar-refractivity contribution is 5.93. The van der Waals surface area contributed by atoms with Crippen molar-refractivity contribution in [2.75, 3.05) is 12.3 Å². The minimum atomic E-state index is -0.179. The van der Waals surface area contributed by atoms with E-state index in [1.165, 1.54) is 6.20 Å². The van der Waals surface area contributed by atoms with Gasteiger partial charge in [-0.15, -0.1) is 0 Å². The van der Waals surface area contributed by atoms with Gasteiger partial charge in [0, 0.05) is 30.6 Å². The van der Waals surface area contributed by atoms with E-state index in [2.05, 4.69) is 20.3 Å². The highest BCUT2D eigenvalue weighted by Gasteiger charge is 2.06. The molecule has 2 rings (SSSR count). The van der Waals surface area contributed by atoms with Crippen LogP contribution in [0, 0.1) is 13.8 Å². The molecule has 0 unspecified atom stereocenters. The van der Waals surface area contributed by atoms with Gasteiger partial charge in [0.25, 0.3) is 5.91 Å². The molecule has 0 bridgehead atoms. The fourth-order valence-electron chi connectivity index (χ4n) is 1.84. The molecule has 2 aromatic heterocycles. The molecule has 0 aliphatic heterocycles. The van der Waals surface area contributed by atoms with E-state index in [4.69, 9.17) is 5.73 Å². The Hall–Kier alpha value is -2.50. The van der Waals surface area contributed by atoms with Gasteiger partial charge in [0.1, 0.15) is 11.6 Å². The third-order valence-corrected chi connectivity index (χ3v) is 2.71. The van der Waals surface area contributed by atoms with Crippen LogP contribution in [0.3, 0.4) is 0 Å². The van der Waals surface area contributed by atoms with Crippen LogP contribution in [0.2, 0.25) is 0 Å². The number of nitrogens with one attached hydrogen (secondary N) is 1. The van der Waals surface area contributed by atoms with Gasteiger partial charge >= 0.3 is 0 Å². The van der Waals surface area contributed by atoms with Crippen LogP contribution in [-0.2, 0) is 6.42 Å². The molecule has 0 aromatic carbocycles. The molecule has 2 aromatic rings. The van der Waals surface area contributed by atoms with Gasteiger partial charge in [0.2, 0.25) is 0 Å². The molecule has 2 heterocycles. The summed E-state index contributed by atoms with van der Waals surface area (Å²) in [6.07, 6.45) is 2.05. The minimum absolute atomic E-state index is 0.179. The number of aryl methyl sites for hydroxylation is 2. The molecule has 3 N–H and O–H groups in total. The predicted octanol–water partition coefficient (Wildman–Crippen LogP) is 1.04. The number of nitrogen functional groups attached to an aromatic ring is 1. The average molecular weight is 271 g/mol. The van der Waals surface area contributed by atoms with E-state index in [-0.39, 0.29) is 5.91 Å².